The molecule has 0 aliphatic heterocycles. The number of hydrogen-bond acceptors (Lipinski definition) is 6. The van der Waals surface area contributed by atoms with Gasteiger partial charge in [0.1, 0.15) is 6.61 Å². The number of aliphatic hydroxyl groups is 1. The number of hydrogen-bond donors (Lipinski definition) is 5. The van der Waals surface area contributed by atoms with Crippen LogP contribution < -0.4 is 11.1 Å². The van der Waals surface area contributed by atoms with Crippen molar-refractivity contribution in [2.24, 2.45) is 58.0 Å². The molecular formula is C38H62N6O3. The zero-order chi connectivity index (χ0) is 33.4. The third-order valence-electron chi connectivity index (χ3n) is 14.4. The lowest BCUT2D eigenvalue weighted by molar-refractivity contribution is -0.229. The number of nitrogens with two attached hydrogens (primary N) is 1. The number of primary amides is 1. The summed E-state index contributed by atoms with van der Waals surface area (Å²) >= 11 is 0. The first-order valence-corrected chi connectivity index (χ1v) is 18.8. The van der Waals surface area contributed by atoms with Gasteiger partial charge in [-0.2, -0.15) is 0 Å². The van der Waals surface area contributed by atoms with Crippen molar-refractivity contribution in [2.75, 3.05) is 13.2 Å². The van der Waals surface area contributed by atoms with Crippen LogP contribution in [0.5, 0.6) is 0 Å². The van der Waals surface area contributed by atoms with Gasteiger partial charge in [0.15, 0.2) is 0 Å². The highest BCUT2D eigenvalue weighted by atomic mass is 16.5. The van der Waals surface area contributed by atoms with Crippen LogP contribution in [0.15, 0.2) is 25.0 Å². The first-order chi connectivity index (χ1) is 22.5. The Labute approximate surface area is 282 Å². The lowest BCUT2D eigenvalue weighted by atomic mass is 9.41. The van der Waals surface area contributed by atoms with E-state index in [0.29, 0.717) is 23.7 Å². The van der Waals surface area contributed by atoms with E-state index in [1.54, 1.807) is 12.7 Å². The maximum Gasteiger partial charge on any atom is 0.404 e. The third-order valence-corrected chi connectivity index (χ3v) is 14.4. The minimum atomic E-state index is -0.883. The standard InChI is InChI=1S/C38H62N6O3/c1-24(2)7-6-8-25(3)30-9-10-31-28-17-34(42-16-13-27-19-40-22-43-27)38(46)18-26(29(21-47-35(39)45)33-20-41-23-44-33)11-15-37(38,5)32(28)12-14-36(30,31)4/h19-20,22-26,28-32,34,42,46H,6-18,21H2,1-5H3,(H2,39,45)(H,40,43)(H,41,44)/t25-,26+,28+,29?,30-,31+,32+,34-,36-,37-,38+/m1/s1. The lowest BCUT2D eigenvalue weighted by Crippen LogP contribution is -2.71. The molecule has 2 heterocycles. The molecule has 0 radical (unpaired) electrons. The summed E-state index contributed by atoms with van der Waals surface area (Å²) < 4.78 is 5.40. The van der Waals surface area contributed by atoms with Crippen molar-refractivity contribution >= 4 is 6.09 Å². The van der Waals surface area contributed by atoms with Crippen molar-refractivity contribution in [1.29, 1.82) is 0 Å². The minimum Gasteiger partial charge on any atom is -0.449 e. The number of carbonyl (C=O) groups is 1. The summed E-state index contributed by atoms with van der Waals surface area (Å²) in [5.41, 5.74) is 6.80. The predicted octanol–water partition coefficient (Wildman–Crippen LogP) is 6.97. The van der Waals surface area contributed by atoms with Crippen LogP contribution in [0.4, 0.5) is 4.79 Å². The van der Waals surface area contributed by atoms with Crippen LogP contribution >= 0.6 is 0 Å². The molecule has 11 atom stereocenters. The van der Waals surface area contributed by atoms with Crippen molar-refractivity contribution < 1.29 is 14.6 Å². The number of fused-ring (bicyclic) bond motifs is 5. The summed E-state index contributed by atoms with van der Waals surface area (Å²) in [6, 6.07) is -0.0104. The molecule has 0 bridgehead atoms. The van der Waals surface area contributed by atoms with Gasteiger partial charge in [-0.3, -0.25) is 0 Å². The van der Waals surface area contributed by atoms with Crippen molar-refractivity contribution in [3.63, 3.8) is 0 Å². The highest BCUT2D eigenvalue weighted by molar-refractivity contribution is 5.64. The van der Waals surface area contributed by atoms with E-state index >= 15 is 0 Å². The zero-order valence-corrected chi connectivity index (χ0v) is 29.6. The van der Waals surface area contributed by atoms with Gasteiger partial charge in [0.2, 0.25) is 0 Å². The Morgan fingerprint density at radius 3 is 2.55 bits per heavy atom. The van der Waals surface area contributed by atoms with E-state index in [1.807, 2.05) is 12.4 Å². The second-order valence-corrected chi connectivity index (χ2v) is 17.1. The molecule has 9 heteroatoms. The lowest BCUT2D eigenvalue weighted by Gasteiger charge is -2.67. The average Bonchev–Trinajstić information content (AvgIpc) is 3.80. The Kier molecular flexibility index (Phi) is 10.2. The monoisotopic (exact) mass is 650 g/mol. The molecular weight excluding hydrogens is 588 g/mol. The molecule has 262 valence electrons. The highest BCUT2D eigenvalue weighted by Crippen LogP contribution is 2.70. The molecule has 0 spiro atoms. The van der Waals surface area contributed by atoms with Crippen LogP contribution in [-0.2, 0) is 11.2 Å². The molecule has 6 N–H and O–H groups in total. The quantitative estimate of drug-likeness (QED) is 0.158. The van der Waals surface area contributed by atoms with Crippen LogP contribution in [0.3, 0.4) is 0 Å². The minimum absolute atomic E-state index is 0.0104. The normalized spacial score (nSPS) is 37.9. The van der Waals surface area contributed by atoms with Gasteiger partial charge in [-0.05, 0) is 98.2 Å². The molecule has 2 aromatic heterocycles. The molecule has 1 unspecified atom stereocenters. The van der Waals surface area contributed by atoms with Crippen molar-refractivity contribution in [2.45, 2.75) is 129 Å². The Hall–Kier alpha value is -2.39. The number of carbonyl (C=O) groups excluding carboxylic acids is 1. The molecule has 4 saturated carbocycles. The maximum absolute atomic E-state index is 13.2. The third kappa shape index (κ3) is 6.52. The topological polar surface area (TPSA) is 142 Å². The Morgan fingerprint density at radius 2 is 1.85 bits per heavy atom. The van der Waals surface area contributed by atoms with Gasteiger partial charge < -0.3 is 30.9 Å². The molecule has 47 heavy (non-hydrogen) atoms. The van der Waals surface area contributed by atoms with E-state index in [1.165, 1.54) is 44.9 Å². The summed E-state index contributed by atoms with van der Waals surface area (Å²) in [4.78, 5) is 26.7. The summed E-state index contributed by atoms with van der Waals surface area (Å²) in [5.74, 6) is 4.26. The second-order valence-electron chi connectivity index (χ2n) is 17.1. The van der Waals surface area contributed by atoms with Gasteiger partial charge in [-0.1, -0.05) is 53.9 Å². The molecule has 9 nitrogen and oxygen atoms in total. The second kappa shape index (κ2) is 13.9. The number of imidazole rings is 2. The smallest absolute Gasteiger partial charge is 0.404 e. The van der Waals surface area contributed by atoms with Crippen LogP contribution in [0.1, 0.15) is 123 Å². The number of nitrogens with one attached hydrogen (secondary N) is 3. The van der Waals surface area contributed by atoms with E-state index in [2.05, 4.69) is 59.9 Å². The van der Waals surface area contributed by atoms with E-state index in [-0.39, 0.29) is 29.9 Å². The van der Waals surface area contributed by atoms with E-state index in [4.69, 9.17) is 10.5 Å². The Balaban J connectivity index is 1.26. The zero-order valence-electron chi connectivity index (χ0n) is 29.6. The summed E-state index contributed by atoms with van der Waals surface area (Å²) in [7, 11) is 0. The maximum atomic E-state index is 13.2. The number of aromatic nitrogens is 4. The number of ether oxygens (including phenoxy) is 1. The SMILES string of the molecule is CC(C)CCC[C@@H](C)[C@H]1CC[C@H]2[C@@H]3C[C@@H](NCCc4cnc[nH]4)[C@@]4(O)C[C@@H](C(COC(N)=O)c5cnc[nH]5)CC[C@]4(C)[C@H]3CC[C@]12C. The van der Waals surface area contributed by atoms with Gasteiger partial charge in [0, 0.05) is 54.1 Å². The molecule has 2 aromatic rings. The van der Waals surface area contributed by atoms with Gasteiger partial charge in [0.05, 0.1) is 18.3 Å². The number of aromatic amines is 2. The first-order valence-electron chi connectivity index (χ1n) is 18.8. The van der Waals surface area contributed by atoms with Crippen LogP contribution in [0.25, 0.3) is 0 Å². The number of H-pyrrole nitrogens is 2. The summed E-state index contributed by atoms with van der Waals surface area (Å²) in [6.07, 6.45) is 20.1. The summed E-state index contributed by atoms with van der Waals surface area (Å²) in [5, 5.41) is 17.2. The van der Waals surface area contributed by atoms with E-state index in [9.17, 15) is 9.90 Å². The predicted molar refractivity (Wildman–Crippen MR) is 184 cm³/mol. The van der Waals surface area contributed by atoms with Gasteiger partial charge in [-0.15, -0.1) is 0 Å². The summed E-state index contributed by atoms with van der Waals surface area (Å²) in [6.45, 7) is 13.3. The van der Waals surface area contributed by atoms with Crippen molar-refractivity contribution in [3.8, 4) is 0 Å². The number of rotatable bonds is 13. The molecule has 0 aromatic carbocycles. The molecule has 1 amide bonds. The Bertz CT molecular complexity index is 1300. The fraction of sp³-hybridized carbons (Fsp3) is 0.816. The van der Waals surface area contributed by atoms with Crippen LogP contribution in [0, 0.1) is 52.3 Å². The van der Waals surface area contributed by atoms with Crippen molar-refractivity contribution in [3.05, 3.63) is 36.4 Å². The number of nitrogens with zero attached hydrogens (tertiary/aromatic N) is 2. The van der Waals surface area contributed by atoms with Crippen molar-refractivity contribution in [1.82, 2.24) is 25.3 Å². The van der Waals surface area contributed by atoms with Gasteiger partial charge in [0.25, 0.3) is 0 Å². The molecule has 4 aliphatic carbocycles. The van der Waals surface area contributed by atoms with Gasteiger partial charge in [-0.25, -0.2) is 14.8 Å². The van der Waals surface area contributed by atoms with E-state index in [0.717, 1.165) is 67.3 Å². The number of amides is 1. The first kappa shape index (κ1) is 34.5. The molecule has 4 fully saturated rings. The highest BCUT2D eigenvalue weighted by Gasteiger charge is 2.67. The van der Waals surface area contributed by atoms with E-state index < -0.39 is 11.7 Å². The van der Waals surface area contributed by atoms with Crippen LogP contribution in [-0.4, -0.2) is 55.9 Å². The fourth-order valence-corrected chi connectivity index (χ4v) is 11.9. The Morgan fingerprint density at radius 1 is 1.06 bits per heavy atom. The molecule has 0 saturated heterocycles. The fourth-order valence-electron chi connectivity index (χ4n) is 11.9. The van der Waals surface area contributed by atoms with Crippen LogP contribution in [0.2, 0.25) is 0 Å². The van der Waals surface area contributed by atoms with Gasteiger partial charge >= 0.3 is 6.09 Å². The largest absolute Gasteiger partial charge is 0.449 e. The molecule has 6 rings (SSSR count). The average molecular weight is 651 g/mol. The molecule has 4 aliphatic rings.